The van der Waals surface area contributed by atoms with Gasteiger partial charge in [-0.1, -0.05) is 11.2 Å². The number of aromatic nitrogens is 1. The van der Waals surface area contributed by atoms with Gasteiger partial charge in [-0.2, -0.15) is 0 Å². The molecule has 0 spiro atoms. The summed E-state index contributed by atoms with van der Waals surface area (Å²) in [7, 11) is 0. The Bertz CT molecular complexity index is 1080. The first-order chi connectivity index (χ1) is 16.5. The normalized spacial score (nSPS) is 22.9. The van der Waals surface area contributed by atoms with Crippen LogP contribution in [0.2, 0.25) is 0 Å². The van der Waals surface area contributed by atoms with Crippen molar-refractivity contribution in [2.45, 2.75) is 45.2 Å². The maximum atomic E-state index is 12.7. The van der Waals surface area contributed by atoms with E-state index < -0.39 is 6.03 Å². The number of nitrogens with zero attached hydrogens (tertiary/aromatic N) is 5. The van der Waals surface area contributed by atoms with E-state index in [4.69, 9.17) is 4.52 Å². The third-order valence-corrected chi connectivity index (χ3v) is 7.13. The lowest BCUT2D eigenvalue weighted by molar-refractivity contribution is -0.134. The lowest BCUT2D eigenvalue weighted by Crippen LogP contribution is -2.54. The van der Waals surface area contributed by atoms with Crippen molar-refractivity contribution in [2.24, 2.45) is 0 Å². The molecule has 5 rings (SSSR count). The molecule has 3 saturated heterocycles. The van der Waals surface area contributed by atoms with Gasteiger partial charge >= 0.3 is 6.03 Å². The van der Waals surface area contributed by atoms with Crippen molar-refractivity contribution in [3.8, 4) is 0 Å². The van der Waals surface area contributed by atoms with E-state index in [0.717, 1.165) is 63.1 Å². The number of likely N-dealkylation sites (tertiary alicyclic amines) is 1. The maximum Gasteiger partial charge on any atom is 0.329 e. The van der Waals surface area contributed by atoms with Gasteiger partial charge < -0.3 is 9.42 Å². The van der Waals surface area contributed by atoms with Crippen LogP contribution in [0.5, 0.6) is 0 Å². The van der Waals surface area contributed by atoms with E-state index in [1.54, 1.807) is 0 Å². The number of hydrogen-bond acceptors (Lipinski definition) is 7. The Morgan fingerprint density at radius 3 is 2.71 bits per heavy atom. The lowest BCUT2D eigenvalue weighted by Gasteiger charge is -2.40. The highest BCUT2D eigenvalue weighted by Crippen LogP contribution is 2.29. The number of nitrogens with one attached hydrogen (secondary N) is 1. The van der Waals surface area contributed by atoms with Crippen LogP contribution in [0.4, 0.5) is 10.6 Å². The van der Waals surface area contributed by atoms with Crippen molar-refractivity contribution in [1.82, 2.24) is 25.2 Å². The molecule has 0 radical (unpaired) electrons. The number of piperazine rings is 1. The summed E-state index contributed by atoms with van der Waals surface area (Å²) in [4.78, 5) is 44.6. The number of piperidine rings is 1. The minimum Gasteiger partial charge on any atom is -0.354 e. The van der Waals surface area contributed by atoms with Gasteiger partial charge in [-0.25, -0.2) is 4.79 Å². The first kappa shape index (κ1) is 22.8. The molecule has 1 N–H and O–H groups in total. The molecule has 4 heterocycles. The van der Waals surface area contributed by atoms with Crippen molar-refractivity contribution in [2.75, 3.05) is 50.7 Å². The van der Waals surface area contributed by atoms with Crippen LogP contribution in [0, 0.1) is 0 Å². The molecule has 34 heavy (non-hydrogen) atoms. The van der Waals surface area contributed by atoms with Crippen molar-refractivity contribution in [3.05, 3.63) is 23.8 Å². The van der Waals surface area contributed by atoms with Crippen molar-refractivity contribution >= 4 is 34.6 Å². The molecule has 182 valence electrons. The SMILES string of the molecule is C[C@@H]1CN(CC(=O)N2CCCCC2)CCN1Cc1ccc2onc(N3CCC(=O)NC3=O)c2c1. The molecule has 1 atom stereocenters. The number of urea groups is 1. The van der Waals surface area contributed by atoms with Gasteiger partial charge in [0.2, 0.25) is 11.8 Å². The fourth-order valence-electron chi connectivity index (χ4n) is 5.15. The van der Waals surface area contributed by atoms with Crippen LogP contribution >= 0.6 is 0 Å². The zero-order valence-corrected chi connectivity index (χ0v) is 19.7. The second-order valence-electron chi connectivity index (χ2n) is 9.59. The highest BCUT2D eigenvalue weighted by atomic mass is 16.5. The van der Waals surface area contributed by atoms with Gasteiger partial charge in [-0.3, -0.25) is 29.6 Å². The van der Waals surface area contributed by atoms with E-state index in [0.29, 0.717) is 24.0 Å². The Kier molecular flexibility index (Phi) is 6.51. The molecule has 1 aromatic carbocycles. The summed E-state index contributed by atoms with van der Waals surface area (Å²) in [6.07, 6.45) is 3.71. The van der Waals surface area contributed by atoms with Gasteiger partial charge in [0.25, 0.3) is 0 Å². The summed E-state index contributed by atoms with van der Waals surface area (Å²) in [6.45, 7) is 8.18. The molecule has 0 aliphatic carbocycles. The number of imide groups is 1. The predicted octanol–water partition coefficient (Wildman–Crippen LogP) is 1.79. The number of carbonyl (C=O) groups excluding carboxylic acids is 3. The number of anilines is 1. The Balaban J connectivity index is 1.22. The minimum atomic E-state index is -0.472. The molecule has 4 amide bonds. The van der Waals surface area contributed by atoms with Crippen LogP contribution in [0.15, 0.2) is 22.7 Å². The fraction of sp³-hybridized carbons (Fsp3) is 0.583. The Hall–Kier alpha value is -2.98. The quantitative estimate of drug-likeness (QED) is 0.714. The third kappa shape index (κ3) is 4.78. The molecule has 10 heteroatoms. The summed E-state index contributed by atoms with van der Waals surface area (Å²) < 4.78 is 5.43. The zero-order chi connectivity index (χ0) is 23.7. The largest absolute Gasteiger partial charge is 0.354 e. The Labute approximate surface area is 198 Å². The monoisotopic (exact) mass is 468 g/mol. The molecule has 1 aromatic heterocycles. The number of fused-ring (bicyclic) bond motifs is 1. The Morgan fingerprint density at radius 1 is 1.12 bits per heavy atom. The topological polar surface area (TPSA) is 102 Å². The molecule has 3 fully saturated rings. The summed E-state index contributed by atoms with van der Waals surface area (Å²) in [5, 5.41) is 7.19. The van der Waals surface area contributed by atoms with Gasteiger partial charge in [0.15, 0.2) is 11.4 Å². The molecule has 2 aromatic rings. The van der Waals surface area contributed by atoms with Gasteiger partial charge in [-0.15, -0.1) is 0 Å². The predicted molar refractivity (Wildman–Crippen MR) is 126 cm³/mol. The number of rotatable bonds is 5. The molecule has 0 unspecified atom stereocenters. The summed E-state index contributed by atoms with van der Waals surface area (Å²) >= 11 is 0. The first-order valence-corrected chi connectivity index (χ1v) is 12.2. The minimum absolute atomic E-state index is 0.238. The van der Waals surface area contributed by atoms with E-state index >= 15 is 0 Å². The maximum absolute atomic E-state index is 12.7. The Morgan fingerprint density at radius 2 is 1.94 bits per heavy atom. The van der Waals surface area contributed by atoms with Crippen molar-refractivity contribution in [1.29, 1.82) is 0 Å². The van der Waals surface area contributed by atoms with Crippen LogP contribution in [0.1, 0.15) is 38.2 Å². The van der Waals surface area contributed by atoms with Crippen molar-refractivity contribution in [3.63, 3.8) is 0 Å². The molecular formula is C24H32N6O4. The van der Waals surface area contributed by atoms with Crippen LogP contribution in [0.25, 0.3) is 11.0 Å². The molecule has 3 aliphatic heterocycles. The van der Waals surface area contributed by atoms with Gasteiger partial charge in [0, 0.05) is 58.3 Å². The molecular weight excluding hydrogens is 436 g/mol. The number of carbonyl (C=O) groups is 3. The third-order valence-electron chi connectivity index (χ3n) is 7.13. The van der Waals surface area contributed by atoms with E-state index in [1.807, 2.05) is 23.1 Å². The standard InChI is InChI=1S/C24H32N6O4/c1-17-14-27(16-22(32)28-8-3-2-4-9-28)11-12-29(17)15-18-5-6-20-19(13-18)23(26-34-20)30-10-7-21(31)25-24(30)33/h5-6,13,17H,2-4,7-12,14-16H2,1H3,(H,25,31,33)/t17-/m1/s1. The molecule has 0 saturated carbocycles. The number of amides is 4. The number of hydrogen-bond donors (Lipinski definition) is 1. The smallest absolute Gasteiger partial charge is 0.329 e. The zero-order valence-electron chi connectivity index (χ0n) is 19.7. The number of benzene rings is 1. The van der Waals surface area contributed by atoms with Crippen LogP contribution in [0.3, 0.4) is 0 Å². The van der Waals surface area contributed by atoms with E-state index in [-0.39, 0.29) is 24.8 Å². The van der Waals surface area contributed by atoms with E-state index in [9.17, 15) is 14.4 Å². The second-order valence-corrected chi connectivity index (χ2v) is 9.59. The van der Waals surface area contributed by atoms with Gasteiger partial charge in [0.1, 0.15) is 0 Å². The highest BCUT2D eigenvalue weighted by molar-refractivity contribution is 6.08. The summed E-state index contributed by atoms with van der Waals surface area (Å²) in [5.41, 5.74) is 1.72. The van der Waals surface area contributed by atoms with E-state index in [2.05, 4.69) is 27.2 Å². The lowest BCUT2D eigenvalue weighted by atomic mass is 10.1. The first-order valence-electron chi connectivity index (χ1n) is 12.2. The van der Waals surface area contributed by atoms with Crippen LogP contribution < -0.4 is 10.2 Å². The summed E-state index contributed by atoms with van der Waals surface area (Å²) in [5.74, 6) is 0.422. The van der Waals surface area contributed by atoms with Crippen molar-refractivity contribution < 1.29 is 18.9 Å². The van der Waals surface area contributed by atoms with Crippen LogP contribution in [-0.4, -0.2) is 89.6 Å². The van der Waals surface area contributed by atoms with Crippen LogP contribution in [-0.2, 0) is 16.1 Å². The van der Waals surface area contributed by atoms with Gasteiger partial charge in [0.05, 0.1) is 11.9 Å². The highest BCUT2D eigenvalue weighted by Gasteiger charge is 2.29. The summed E-state index contributed by atoms with van der Waals surface area (Å²) in [6, 6.07) is 5.77. The molecule has 10 nitrogen and oxygen atoms in total. The van der Waals surface area contributed by atoms with Gasteiger partial charge in [-0.05, 0) is 43.9 Å². The average molecular weight is 469 g/mol. The molecule has 0 bridgehead atoms. The second kappa shape index (κ2) is 9.71. The molecule has 3 aliphatic rings. The van der Waals surface area contributed by atoms with E-state index in [1.165, 1.54) is 11.3 Å². The average Bonchev–Trinajstić information content (AvgIpc) is 3.24. The fourth-order valence-corrected chi connectivity index (χ4v) is 5.15.